The van der Waals surface area contributed by atoms with Crippen LogP contribution in [-0.2, 0) is 17.1 Å². The van der Waals surface area contributed by atoms with Crippen LogP contribution in [0.1, 0.15) is 29.5 Å². The smallest absolute Gasteiger partial charge is 0.369 e. The molecule has 0 fully saturated rings. The van der Waals surface area contributed by atoms with Crippen molar-refractivity contribution in [3.05, 3.63) is 34.9 Å². The van der Waals surface area contributed by atoms with Crippen LogP contribution in [0.2, 0.25) is 0 Å². The summed E-state index contributed by atoms with van der Waals surface area (Å²) in [6, 6.07) is 0.979. The molecule has 2 N–H and O–H groups in total. The molecule has 0 bridgehead atoms. The van der Waals surface area contributed by atoms with Crippen molar-refractivity contribution in [3.63, 3.8) is 0 Å². The predicted octanol–water partition coefficient (Wildman–Crippen LogP) is 3.31. The molecule has 0 aliphatic rings. The Morgan fingerprint density at radius 1 is 1.00 bits per heavy atom. The van der Waals surface area contributed by atoms with Gasteiger partial charge in [-0.05, 0) is 30.7 Å². The van der Waals surface area contributed by atoms with Crippen molar-refractivity contribution in [2.45, 2.75) is 25.2 Å². The molecular formula is C11H9F6NO. The van der Waals surface area contributed by atoms with E-state index in [9.17, 15) is 31.1 Å². The highest BCUT2D eigenvalue weighted by molar-refractivity contribution is 5.81. The van der Waals surface area contributed by atoms with Crippen molar-refractivity contribution in [1.82, 2.24) is 0 Å². The maximum atomic E-state index is 12.5. The number of halogens is 6. The van der Waals surface area contributed by atoms with Crippen LogP contribution in [0.5, 0.6) is 0 Å². The van der Waals surface area contributed by atoms with Gasteiger partial charge in [0.1, 0.15) is 0 Å². The molecule has 1 aromatic carbocycles. The van der Waals surface area contributed by atoms with Crippen LogP contribution in [0, 0.1) is 0 Å². The number of nitrogens with two attached hydrogens (primary N) is 1. The molecule has 0 heterocycles. The summed E-state index contributed by atoms with van der Waals surface area (Å²) in [4.78, 5) is 10.9. The number of carbonyl (C=O) groups excluding carboxylic acids is 1. The van der Waals surface area contributed by atoms with Crippen LogP contribution in [0.4, 0.5) is 26.3 Å². The van der Waals surface area contributed by atoms with Gasteiger partial charge in [0, 0.05) is 0 Å². The fourth-order valence-corrected chi connectivity index (χ4v) is 1.39. The highest BCUT2D eigenvalue weighted by Crippen LogP contribution is 2.37. The van der Waals surface area contributed by atoms with E-state index in [4.69, 9.17) is 5.73 Å². The molecule has 0 radical (unpaired) electrons. The molecule has 1 amide bonds. The first-order valence-corrected chi connectivity index (χ1v) is 5.01. The number of hydrogen-bond donors (Lipinski definition) is 1. The van der Waals surface area contributed by atoms with E-state index in [0.29, 0.717) is 12.1 Å². The Morgan fingerprint density at radius 3 is 1.63 bits per heavy atom. The Balaban J connectivity index is 3.45. The molecule has 2 nitrogen and oxygen atoms in total. The number of carbonyl (C=O) groups is 1. The Bertz CT molecular complexity index is 459. The molecule has 0 spiro atoms. The van der Waals surface area contributed by atoms with E-state index in [1.807, 2.05) is 0 Å². The summed E-state index contributed by atoms with van der Waals surface area (Å²) >= 11 is 0. The monoisotopic (exact) mass is 285 g/mol. The summed E-state index contributed by atoms with van der Waals surface area (Å²) in [6.07, 6.45) is -9.87. The molecule has 1 atom stereocenters. The molecule has 19 heavy (non-hydrogen) atoms. The molecule has 8 heteroatoms. The SMILES string of the molecule is C[C@H](C(N)=O)c1cc(C(F)(F)F)cc(C(F)(F)F)c1. The number of primary amides is 1. The van der Waals surface area contributed by atoms with Crippen molar-refractivity contribution in [3.8, 4) is 0 Å². The summed E-state index contributed by atoms with van der Waals surface area (Å²) in [6.45, 7) is 1.14. The van der Waals surface area contributed by atoms with Gasteiger partial charge in [-0.3, -0.25) is 4.79 Å². The minimum atomic E-state index is -4.94. The summed E-state index contributed by atoms with van der Waals surface area (Å²) in [5.74, 6) is -2.25. The lowest BCUT2D eigenvalue weighted by Gasteiger charge is -2.16. The molecule has 0 aliphatic carbocycles. The second kappa shape index (κ2) is 4.75. The van der Waals surface area contributed by atoms with Gasteiger partial charge in [0.05, 0.1) is 17.0 Å². The van der Waals surface area contributed by atoms with Gasteiger partial charge in [0.15, 0.2) is 0 Å². The van der Waals surface area contributed by atoms with E-state index in [1.165, 1.54) is 0 Å². The first kappa shape index (κ1) is 15.3. The van der Waals surface area contributed by atoms with Crippen molar-refractivity contribution in [1.29, 1.82) is 0 Å². The molecule has 0 saturated carbocycles. The highest BCUT2D eigenvalue weighted by atomic mass is 19.4. The molecule has 106 valence electrons. The van der Waals surface area contributed by atoms with Crippen molar-refractivity contribution >= 4 is 5.91 Å². The second-order valence-electron chi connectivity index (χ2n) is 3.96. The van der Waals surface area contributed by atoms with E-state index in [1.54, 1.807) is 0 Å². The minimum absolute atomic E-state index is 0.00276. The standard InChI is InChI=1S/C11H9F6NO/c1-5(9(18)19)6-2-7(10(12,13)14)4-8(3-6)11(15,16)17/h2-5H,1H3,(H2,18,19)/t5-/m0/s1. The van der Waals surface area contributed by atoms with Crippen LogP contribution in [0.25, 0.3) is 0 Å². The van der Waals surface area contributed by atoms with Gasteiger partial charge in [-0.25, -0.2) is 0 Å². The molecule has 1 aromatic rings. The number of hydrogen-bond acceptors (Lipinski definition) is 1. The molecule has 0 aliphatic heterocycles. The lowest BCUT2D eigenvalue weighted by molar-refractivity contribution is -0.143. The van der Waals surface area contributed by atoms with Gasteiger partial charge >= 0.3 is 12.4 Å². The quantitative estimate of drug-likeness (QED) is 0.832. The maximum absolute atomic E-state index is 12.5. The topological polar surface area (TPSA) is 43.1 Å². The van der Waals surface area contributed by atoms with E-state index in [2.05, 4.69) is 0 Å². The van der Waals surface area contributed by atoms with Gasteiger partial charge in [0.2, 0.25) is 5.91 Å². The third-order valence-corrected chi connectivity index (χ3v) is 2.54. The zero-order valence-electron chi connectivity index (χ0n) is 9.56. The number of benzene rings is 1. The van der Waals surface area contributed by atoms with E-state index in [0.717, 1.165) is 6.92 Å². The summed E-state index contributed by atoms with van der Waals surface area (Å²) in [5.41, 5.74) is 1.53. The zero-order chi connectivity index (χ0) is 15.0. The zero-order valence-corrected chi connectivity index (χ0v) is 9.56. The average Bonchev–Trinajstić information content (AvgIpc) is 2.24. The first-order chi connectivity index (χ1) is 8.43. The molecule has 0 saturated heterocycles. The van der Waals surface area contributed by atoms with Gasteiger partial charge in [-0.1, -0.05) is 0 Å². The van der Waals surface area contributed by atoms with Crippen molar-refractivity contribution in [2.24, 2.45) is 5.73 Å². The number of alkyl halides is 6. The summed E-state index contributed by atoms with van der Waals surface area (Å²) in [7, 11) is 0. The maximum Gasteiger partial charge on any atom is 0.416 e. The lowest BCUT2D eigenvalue weighted by Crippen LogP contribution is -2.20. The number of rotatable bonds is 2. The minimum Gasteiger partial charge on any atom is -0.369 e. The lowest BCUT2D eigenvalue weighted by atomic mass is 9.95. The van der Waals surface area contributed by atoms with Gasteiger partial charge in [0.25, 0.3) is 0 Å². The first-order valence-electron chi connectivity index (χ1n) is 5.01. The molecule has 0 unspecified atom stereocenters. The van der Waals surface area contributed by atoms with Crippen LogP contribution in [0.15, 0.2) is 18.2 Å². The fraction of sp³-hybridized carbons (Fsp3) is 0.364. The highest BCUT2D eigenvalue weighted by Gasteiger charge is 2.37. The third-order valence-electron chi connectivity index (χ3n) is 2.54. The van der Waals surface area contributed by atoms with Crippen LogP contribution >= 0.6 is 0 Å². The van der Waals surface area contributed by atoms with E-state index >= 15 is 0 Å². The Labute approximate surface area is 104 Å². The molecule has 0 aromatic heterocycles. The predicted molar refractivity (Wildman–Crippen MR) is 54.1 cm³/mol. The largest absolute Gasteiger partial charge is 0.416 e. The van der Waals surface area contributed by atoms with Crippen LogP contribution in [0.3, 0.4) is 0 Å². The van der Waals surface area contributed by atoms with Crippen molar-refractivity contribution in [2.75, 3.05) is 0 Å². The van der Waals surface area contributed by atoms with Crippen molar-refractivity contribution < 1.29 is 31.1 Å². The van der Waals surface area contributed by atoms with Gasteiger partial charge < -0.3 is 5.73 Å². The number of amides is 1. The Morgan fingerprint density at radius 2 is 1.37 bits per heavy atom. The van der Waals surface area contributed by atoms with Crippen LogP contribution in [-0.4, -0.2) is 5.91 Å². The molecule has 1 rings (SSSR count). The van der Waals surface area contributed by atoms with Crippen LogP contribution < -0.4 is 5.73 Å². The fourth-order valence-electron chi connectivity index (χ4n) is 1.39. The Kier molecular flexibility index (Phi) is 3.83. The normalized spacial score (nSPS) is 14.3. The second-order valence-corrected chi connectivity index (χ2v) is 3.96. The summed E-state index contributed by atoms with van der Waals surface area (Å²) in [5, 5.41) is 0. The van der Waals surface area contributed by atoms with E-state index < -0.39 is 40.9 Å². The average molecular weight is 285 g/mol. The molecular weight excluding hydrogens is 276 g/mol. The summed E-state index contributed by atoms with van der Waals surface area (Å²) < 4.78 is 75.1. The van der Waals surface area contributed by atoms with Gasteiger partial charge in [-0.15, -0.1) is 0 Å². The Hall–Kier alpha value is -1.73. The third kappa shape index (κ3) is 3.62. The van der Waals surface area contributed by atoms with E-state index in [-0.39, 0.29) is 6.07 Å². The van der Waals surface area contributed by atoms with Gasteiger partial charge in [-0.2, -0.15) is 26.3 Å².